The van der Waals surface area contributed by atoms with Gasteiger partial charge in [-0.25, -0.2) is 17.8 Å². The largest absolute Gasteiger partial charge is 0.260 e. The molecule has 1 N–H and O–H groups in total. The van der Waals surface area contributed by atoms with Crippen LogP contribution in [0.1, 0.15) is 11.1 Å². The van der Waals surface area contributed by atoms with E-state index in [1.54, 1.807) is 24.3 Å². The standard InChI is InChI=1S/C11H10BrN5O2S/c1-17-11(10(12)15-16-17)20(18,19)14-7-9-4-2-3-8(5-9)6-13/h2-5,14H,7H2,1H3. The van der Waals surface area contributed by atoms with Gasteiger partial charge in [0, 0.05) is 13.6 Å². The highest BCUT2D eigenvalue weighted by atomic mass is 79.9. The zero-order chi connectivity index (χ0) is 14.8. The Labute approximate surface area is 124 Å². The van der Waals surface area contributed by atoms with E-state index in [1.807, 2.05) is 6.07 Å². The van der Waals surface area contributed by atoms with Crippen molar-refractivity contribution in [2.24, 2.45) is 7.05 Å². The second-order valence-corrected chi connectivity index (χ2v) is 6.38. The quantitative estimate of drug-likeness (QED) is 0.878. The summed E-state index contributed by atoms with van der Waals surface area (Å²) in [6.07, 6.45) is 0. The summed E-state index contributed by atoms with van der Waals surface area (Å²) >= 11 is 3.05. The van der Waals surface area contributed by atoms with E-state index in [9.17, 15) is 8.42 Å². The van der Waals surface area contributed by atoms with E-state index in [0.717, 1.165) is 4.68 Å². The molecule has 1 aromatic heterocycles. The van der Waals surface area contributed by atoms with E-state index < -0.39 is 10.0 Å². The maximum atomic E-state index is 12.2. The van der Waals surface area contributed by atoms with Crippen LogP contribution < -0.4 is 4.72 Å². The van der Waals surface area contributed by atoms with Gasteiger partial charge in [-0.15, -0.1) is 5.10 Å². The highest BCUT2D eigenvalue weighted by molar-refractivity contribution is 9.10. The number of benzene rings is 1. The molecule has 0 fully saturated rings. The maximum Gasteiger partial charge on any atom is 0.260 e. The first-order chi connectivity index (χ1) is 9.44. The summed E-state index contributed by atoms with van der Waals surface area (Å²) in [5.41, 5.74) is 1.17. The Hall–Kier alpha value is -1.76. The molecule has 0 saturated heterocycles. The third-order valence-electron chi connectivity index (χ3n) is 2.51. The van der Waals surface area contributed by atoms with Crippen molar-refractivity contribution in [2.45, 2.75) is 11.6 Å². The molecule has 0 amide bonds. The van der Waals surface area contributed by atoms with Gasteiger partial charge >= 0.3 is 0 Å². The second-order valence-electron chi connectivity index (χ2n) is 3.95. The first kappa shape index (κ1) is 14.6. The minimum atomic E-state index is -3.74. The van der Waals surface area contributed by atoms with Gasteiger partial charge in [-0.2, -0.15) is 5.26 Å². The number of hydrogen-bond acceptors (Lipinski definition) is 5. The Morgan fingerprint density at radius 2 is 2.25 bits per heavy atom. The van der Waals surface area contributed by atoms with Crippen molar-refractivity contribution < 1.29 is 8.42 Å². The molecular weight excluding hydrogens is 346 g/mol. The zero-order valence-corrected chi connectivity index (χ0v) is 12.8. The fourth-order valence-electron chi connectivity index (χ4n) is 1.61. The third kappa shape index (κ3) is 3.04. The summed E-state index contributed by atoms with van der Waals surface area (Å²) < 4.78 is 28.1. The Balaban J connectivity index is 2.20. The number of halogens is 1. The molecule has 0 radical (unpaired) electrons. The van der Waals surface area contributed by atoms with Gasteiger partial charge in [0.1, 0.15) is 0 Å². The van der Waals surface area contributed by atoms with Crippen molar-refractivity contribution in [1.82, 2.24) is 19.7 Å². The van der Waals surface area contributed by atoms with Gasteiger partial charge in [0.05, 0.1) is 11.6 Å². The summed E-state index contributed by atoms with van der Waals surface area (Å²) in [6.45, 7) is 0.0788. The van der Waals surface area contributed by atoms with E-state index in [0.29, 0.717) is 11.1 Å². The van der Waals surface area contributed by atoms with E-state index in [1.165, 1.54) is 7.05 Å². The molecule has 0 unspecified atom stereocenters. The van der Waals surface area contributed by atoms with Gasteiger partial charge < -0.3 is 0 Å². The molecule has 0 aliphatic carbocycles. The average Bonchev–Trinajstić information content (AvgIpc) is 2.77. The number of hydrogen-bond donors (Lipinski definition) is 1. The highest BCUT2D eigenvalue weighted by Crippen LogP contribution is 2.17. The van der Waals surface area contributed by atoms with E-state index in [-0.39, 0.29) is 16.2 Å². The fourth-order valence-corrected chi connectivity index (χ4v) is 3.71. The molecule has 0 bridgehead atoms. The molecule has 20 heavy (non-hydrogen) atoms. The summed E-state index contributed by atoms with van der Waals surface area (Å²) in [4.78, 5) is 0. The number of sulfonamides is 1. The van der Waals surface area contributed by atoms with Crippen LogP contribution in [-0.4, -0.2) is 23.4 Å². The van der Waals surface area contributed by atoms with E-state index in [4.69, 9.17) is 5.26 Å². The van der Waals surface area contributed by atoms with Gasteiger partial charge in [0.25, 0.3) is 10.0 Å². The van der Waals surface area contributed by atoms with Crippen molar-refractivity contribution in [3.63, 3.8) is 0 Å². The SMILES string of the molecule is Cn1nnc(Br)c1S(=O)(=O)NCc1cccc(C#N)c1. The predicted molar refractivity (Wildman–Crippen MR) is 73.9 cm³/mol. The van der Waals surface area contributed by atoms with Crippen LogP contribution in [0, 0.1) is 11.3 Å². The molecule has 2 rings (SSSR count). The molecule has 0 atom stereocenters. The van der Waals surface area contributed by atoms with Crippen LogP contribution in [0.25, 0.3) is 0 Å². The van der Waals surface area contributed by atoms with Gasteiger partial charge in [0.2, 0.25) is 5.03 Å². The lowest BCUT2D eigenvalue weighted by atomic mass is 10.1. The molecule has 0 aliphatic heterocycles. The Morgan fingerprint density at radius 3 is 2.85 bits per heavy atom. The molecule has 7 nitrogen and oxygen atoms in total. The molecule has 104 valence electrons. The lowest BCUT2D eigenvalue weighted by molar-refractivity contribution is 0.560. The fraction of sp³-hybridized carbons (Fsp3) is 0.182. The van der Waals surface area contributed by atoms with Crippen molar-refractivity contribution in [2.75, 3.05) is 0 Å². The Bertz CT molecular complexity index is 759. The first-order valence-corrected chi connectivity index (χ1v) is 7.75. The summed E-state index contributed by atoms with van der Waals surface area (Å²) in [5.74, 6) is 0. The van der Waals surface area contributed by atoms with Gasteiger partial charge in [-0.1, -0.05) is 17.3 Å². The van der Waals surface area contributed by atoms with Crippen molar-refractivity contribution in [1.29, 1.82) is 5.26 Å². The summed E-state index contributed by atoms with van der Waals surface area (Å²) in [7, 11) is -2.25. The summed E-state index contributed by atoms with van der Waals surface area (Å²) in [6, 6.07) is 8.71. The highest BCUT2D eigenvalue weighted by Gasteiger charge is 2.23. The van der Waals surface area contributed by atoms with Crippen LogP contribution in [0.4, 0.5) is 0 Å². The minimum Gasteiger partial charge on any atom is -0.235 e. The lowest BCUT2D eigenvalue weighted by Gasteiger charge is -2.07. The zero-order valence-electron chi connectivity index (χ0n) is 10.4. The van der Waals surface area contributed by atoms with Crippen LogP contribution in [0.2, 0.25) is 0 Å². The number of nitriles is 1. The van der Waals surface area contributed by atoms with Crippen molar-refractivity contribution in [3.8, 4) is 6.07 Å². The molecule has 1 aromatic carbocycles. The van der Waals surface area contributed by atoms with Crippen LogP contribution >= 0.6 is 15.9 Å². The third-order valence-corrected chi connectivity index (χ3v) is 4.80. The predicted octanol–water partition coefficient (Wildman–Crippen LogP) is 0.928. The topological polar surface area (TPSA) is 101 Å². The Morgan fingerprint density at radius 1 is 1.50 bits per heavy atom. The molecule has 0 aliphatic rings. The average molecular weight is 356 g/mol. The van der Waals surface area contributed by atoms with Crippen LogP contribution in [0.3, 0.4) is 0 Å². The van der Waals surface area contributed by atoms with Gasteiger partial charge in [-0.05, 0) is 33.6 Å². The normalized spacial score (nSPS) is 11.2. The van der Waals surface area contributed by atoms with E-state index in [2.05, 4.69) is 31.0 Å². The minimum absolute atomic E-state index is 0.0473. The number of rotatable bonds is 4. The number of nitrogens with zero attached hydrogens (tertiary/aromatic N) is 4. The molecule has 0 spiro atoms. The molecule has 0 saturated carbocycles. The number of aryl methyl sites for hydroxylation is 1. The Kier molecular flexibility index (Phi) is 4.17. The molecular formula is C11H10BrN5O2S. The van der Waals surface area contributed by atoms with Crippen LogP contribution in [0.5, 0.6) is 0 Å². The van der Waals surface area contributed by atoms with Crippen molar-refractivity contribution in [3.05, 3.63) is 40.0 Å². The second kappa shape index (κ2) is 5.70. The molecule has 1 heterocycles. The monoisotopic (exact) mass is 355 g/mol. The maximum absolute atomic E-state index is 12.2. The number of nitrogens with one attached hydrogen (secondary N) is 1. The van der Waals surface area contributed by atoms with Gasteiger partial charge in [-0.3, -0.25) is 0 Å². The summed E-state index contributed by atoms with van der Waals surface area (Å²) in [5, 5.41) is 16.0. The molecule has 2 aromatic rings. The van der Waals surface area contributed by atoms with Crippen molar-refractivity contribution >= 4 is 26.0 Å². The smallest absolute Gasteiger partial charge is 0.235 e. The van der Waals surface area contributed by atoms with Gasteiger partial charge in [0.15, 0.2) is 4.60 Å². The number of aromatic nitrogens is 3. The lowest BCUT2D eigenvalue weighted by Crippen LogP contribution is -2.25. The first-order valence-electron chi connectivity index (χ1n) is 5.48. The van der Waals surface area contributed by atoms with Crippen LogP contribution in [0.15, 0.2) is 33.9 Å². The molecule has 9 heteroatoms. The van der Waals surface area contributed by atoms with E-state index >= 15 is 0 Å². The van der Waals surface area contributed by atoms with Crippen LogP contribution in [-0.2, 0) is 23.6 Å².